The molecule has 1 aromatic rings. The van der Waals surface area contributed by atoms with Crippen molar-refractivity contribution in [2.24, 2.45) is 10.9 Å². The number of aliphatic imine (C=N–C) groups is 1. The van der Waals surface area contributed by atoms with Crippen molar-refractivity contribution < 1.29 is 0 Å². The van der Waals surface area contributed by atoms with Crippen molar-refractivity contribution in [3.8, 4) is 0 Å². The number of guanidine groups is 1. The van der Waals surface area contributed by atoms with E-state index in [0.717, 1.165) is 43.6 Å². The van der Waals surface area contributed by atoms with Gasteiger partial charge < -0.3 is 10.6 Å². The van der Waals surface area contributed by atoms with Gasteiger partial charge in [-0.25, -0.2) is 0 Å². The van der Waals surface area contributed by atoms with Crippen LogP contribution in [0.4, 0.5) is 0 Å². The number of nitrogens with zero attached hydrogens (tertiary/aromatic N) is 4. The Balaban J connectivity index is 0.00000338. The van der Waals surface area contributed by atoms with Gasteiger partial charge in [-0.05, 0) is 58.6 Å². The summed E-state index contributed by atoms with van der Waals surface area (Å²) in [7, 11) is 1.84. The Morgan fingerprint density at radius 1 is 1.38 bits per heavy atom. The Morgan fingerprint density at radius 2 is 2.15 bits per heavy atom. The fraction of sp³-hybridized carbons (Fsp3) is 0.789. The molecule has 2 atom stereocenters. The number of hydrogen-bond donors (Lipinski definition) is 2. The lowest BCUT2D eigenvalue weighted by Crippen LogP contribution is -2.48. The maximum atomic E-state index is 4.50. The number of nitrogens with one attached hydrogen (secondary N) is 2. The van der Waals surface area contributed by atoms with E-state index in [1.165, 1.54) is 31.6 Å². The SMILES string of the molecule is CN=C(NCCCn1nc(C)cc1C)NCC(C)N1CCCC(C)C1.I. The van der Waals surface area contributed by atoms with E-state index in [0.29, 0.717) is 6.04 Å². The third-order valence-electron chi connectivity index (χ3n) is 5.04. The molecule has 0 radical (unpaired) electrons. The first-order valence-corrected chi connectivity index (χ1v) is 9.69. The van der Waals surface area contributed by atoms with E-state index in [4.69, 9.17) is 0 Å². The molecule has 0 spiro atoms. The topological polar surface area (TPSA) is 57.5 Å². The van der Waals surface area contributed by atoms with Gasteiger partial charge >= 0.3 is 0 Å². The quantitative estimate of drug-likeness (QED) is 0.275. The molecule has 7 heteroatoms. The van der Waals surface area contributed by atoms with E-state index >= 15 is 0 Å². The molecule has 0 amide bonds. The predicted octanol–water partition coefficient (Wildman–Crippen LogP) is 2.79. The van der Waals surface area contributed by atoms with Crippen LogP contribution in [0.2, 0.25) is 0 Å². The van der Waals surface area contributed by atoms with Crippen LogP contribution in [0.1, 0.15) is 44.5 Å². The molecule has 2 rings (SSSR count). The number of aryl methyl sites for hydroxylation is 3. The Labute approximate surface area is 176 Å². The van der Waals surface area contributed by atoms with Crippen molar-refractivity contribution in [3.63, 3.8) is 0 Å². The van der Waals surface area contributed by atoms with Crippen LogP contribution in [0.15, 0.2) is 11.1 Å². The van der Waals surface area contributed by atoms with Gasteiger partial charge in [0.05, 0.1) is 5.69 Å². The summed E-state index contributed by atoms with van der Waals surface area (Å²) < 4.78 is 2.08. The number of likely N-dealkylation sites (tertiary alicyclic amines) is 1. The van der Waals surface area contributed by atoms with E-state index in [1.54, 1.807) is 0 Å². The number of piperidine rings is 1. The van der Waals surface area contributed by atoms with Crippen LogP contribution in [0.25, 0.3) is 0 Å². The predicted molar refractivity (Wildman–Crippen MR) is 121 cm³/mol. The second-order valence-corrected chi connectivity index (χ2v) is 7.48. The van der Waals surface area contributed by atoms with Gasteiger partial charge in [-0.1, -0.05) is 6.92 Å². The molecule has 1 aliphatic rings. The lowest BCUT2D eigenvalue weighted by atomic mass is 9.99. The van der Waals surface area contributed by atoms with Crippen molar-refractivity contribution in [1.29, 1.82) is 0 Å². The van der Waals surface area contributed by atoms with Crippen LogP contribution in [0, 0.1) is 19.8 Å². The molecule has 1 aromatic heterocycles. The maximum absolute atomic E-state index is 4.50. The van der Waals surface area contributed by atoms with E-state index in [9.17, 15) is 0 Å². The first-order valence-electron chi connectivity index (χ1n) is 9.69. The highest BCUT2D eigenvalue weighted by Gasteiger charge is 2.20. The summed E-state index contributed by atoms with van der Waals surface area (Å²) in [5.41, 5.74) is 2.31. The number of rotatable bonds is 7. The molecular formula is C19H37IN6. The molecule has 2 heterocycles. The third-order valence-corrected chi connectivity index (χ3v) is 5.04. The number of hydrogen-bond acceptors (Lipinski definition) is 3. The third kappa shape index (κ3) is 7.42. The minimum absolute atomic E-state index is 0. The van der Waals surface area contributed by atoms with Crippen molar-refractivity contribution in [2.45, 2.75) is 59.5 Å². The lowest BCUT2D eigenvalue weighted by molar-refractivity contribution is 0.139. The molecule has 2 N–H and O–H groups in total. The van der Waals surface area contributed by atoms with Crippen LogP contribution in [-0.2, 0) is 6.54 Å². The molecule has 0 bridgehead atoms. The van der Waals surface area contributed by atoms with Crippen LogP contribution in [0.5, 0.6) is 0 Å². The molecule has 0 aromatic carbocycles. The van der Waals surface area contributed by atoms with Gasteiger partial charge in [0.1, 0.15) is 0 Å². The Hall–Kier alpha value is -0.830. The zero-order chi connectivity index (χ0) is 18.2. The fourth-order valence-electron chi connectivity index (χ4n) is 3.56. The molecule has 0 saturated carbocycles. The van der Waals surface area contributed by atoms with Gasteiger partial charge in [0, 0.05) is 45.0 Å². The number of aromatic nitrogens is 2. The highest BCUT2D eigenvalue weighted by Crippen LogP contribution is 2.17. The summed E-state index contributed by atoms with van der Waals surface area (Å²) in [6.07, 6.45) is 3.72. The fourth-order valence-corrected chi connectivity index (χ4v) is 3.56. The molecule has 1 fully saturated rings. The van der Waals surface area contributed by atoms with Crippen LogP contribution in [0.3, 0.4) is 0 Å². The van der Waals surface area contributed by atoms with Gasteiger partial charge in [-0.2, -0.15) is 5.10 Å². The van der Waals surface area contributed by atoms with Crippen LogP contribution >= 0.6 is 24.0 Å². The van der Waals surface area contributed by atoms with Gasteiger partial charge in [0.25, 0.3) is 0 Å². The number of halogens is 1. The smallest absolute Gasteiger partial charge is 0.191 e. The standard InChI is InChI=1S/C19H36N6.HI/c1-15-8-6-10-24(14-15)18(4)13-22-19(20-5)21-9-7-11-25-17(3)12-16(2)23-25;/h12,15,18H,6-11,13-14H2,1-5H3,(H2,20,21,22);1H. The van der Waals surface area contributed by atoms with Crippen molar-refractivity contribution in [1.82, 2.24) is 25.3 Å². The zero-order valence-corrected chi connectivity index (χ0v) is 19.4. The maximum Gasteiger partial charge on any atom is 0.191 e. The van der Waals surface area contributed by atoms with Crippen molar-refractivity contribution in [2.75, 3.05) is 33.2 Å². The molecule has 26 heavy (non-hydrogen) atoms. The summed E-state index contributed by atoms with van der Waals surface area (Å²) in [6, 6.07) is 2.66. The Bertz CT molecular complexity index is 556. The largest absolute Gasteiger partial charge is 0.356 e. The molecule has 2 unspecified atom stereocenters. The summed E-state index contributed by atoms with van der Waals surface area (Å²) in [4.78, 5) is 6.93. The second-order valence-electron chi connectivity index (χ2n) is 7.48. The monoisotopic (exact) mass is 476 g/mol. The van der Waals surface area contributed by atoms with Crippen LogP contribution < -0.4 is 10.6 Å². The molecule has 1 aliphatic heterocycles. The van der Waals surface area contributed by atoms with E-state index in [1.807, 2.05) is 14.0 Å². The van der Waals surface area contributed by atoms with Gasteiger partial charge in [0.2, 0.25) is 0 Å². The summed E-state index contributed by atoms with van der Waals surface area (Å²) in [5, 5.41) is 11.4. The normalized spacial score (nSPS) is 19.7. The highest BCUT2D eigenvalue weighted by atomic mass is 127. The zero-order valence-electron chi connectivity index (χ0n) is 17.1. The first-order chi connectivity index (χ1) is 12.0. The minimum Gasteiger partial charge on any atom is -0.356 e. The summed E-state index contributed by atoms with van der Waals surface area (Å²) in [6.45, 7) is 14.0. The minimum atomic E-state index is 0. The molecule has 6 nitrogen and oxygen atoms in total. The van der Waals surface area contributed by atoms with Crippen molar-refractivity contribution >= 4 is 29.9 Å². The first kappa shape index (κ1) is 23.2. The molecule has 0 aliphatic carbocycles. The van der Waals surface area contributed by atoms with Gasteiger partial charge in [0.15, 0.2) is 5.96 Å². The summed E-state index contributed by atoms with van der Waals surface area (Å²) >= 11 is 0. The lowest BCUT2D eigenvalue weighted by Gasteiger charge is -2.35. The average Bonchev–Trinajstić information content (AvgIpc) is 2.91. The van der Waals surface area contributed by atoms with E-state index in [2.05, 4.69) is 57.1 Å². The average molecular weight is 476 g/mol. The molecule has 150 valence electrons. The van der Waals surface area contributed by atoms with Gasteiger partial charge in [-0.3, -0.25) is 14.6 Å². The van der Waals surface area contributed by atoms with E-state index in [-0.39, 0.29) is 24.0 Å². The summed E-state index contributed by atoms with van der Waals surface area (Å²) in [5.74, 6) is 1.72. The highest BCUT2D eigenvalue weighted by molar-refractivity contribution is 14.0. The van der Waals surface area contributed by atoms with E-state index < -0.39 is 0 Å². The second kappa shape index (κ2) is 11.8. The Morgan fingerprint density at radius 3 is 2.77 bits per heavy atom. The van der Waals surface area contributed by atoms with Crippen molar-refractivity contribution in [3.05, 3.63) is 17.5 Å². The van der Waals surface area contributed by atoms with Gasteiger partial charge in [-0.15, -0.1) is 24.0 Å². The van der Waals surface area contributed by atoms with Crippen LogP contribution in [-0.4, -0.2) is 59.9 Å². The Kier molecular flexibility index (Phi) is 10.5. The molecular weight excluding hydrogens is 439 g/mol. The molecule has 1 saturated heterocycles.